The molecule has 0 spiro atoms. The standard InChI is InChI=1S/C23H31N3O3/c1-16-13-26(14-17(2)29-16)23(28)19-7-9-20(10-8-19)24-22(27)15-25-12-11-18-5-3-4-6-21(18)25/h3-6,11-12,16-17,19-20H,7-10,13-15H2,1-2H3,(H,24,27)/t16-,17+,19?,20?. The molecule has 4 rings (SSSR count). The molecule has 2 heterocycles. The highest BCUT2D eigenvalue weighted by atomic mass is 16.5. The minimum Gasteiger partial charge on any atom is -0.372 e. The predicted molar refractivity (Wildman–Crippen MR) is 112 cm³/mol. The Morgan fingerprint density at radius 3 is 2.45 bits per heavy atom. The lowest BCUT2D eigenvalue weighted by molar-refractivity contribution is -0.148. The van der Waals surface area contributed by atoms with Gasteiger partial charge < -0.3 is 19.5 Å². The number of morpholine rings is 1. The molecule has 29 heavy (non-hydrogen) atoms. The van der Waals surface area contributed by atoms with Crippen LogP contribution in [0.15, 0.2) is 36.5 Å². The highest BCUT2D eigenvalue weighted by molar-refractivity contribution is 5.83. The first-order chi connectivity index (χ1) is 14.0. The molecule has 2 aliphatic rings. The maximum Gasteiger partial charge on any atom is 0.240 e. The number of amides is 2. The first-order valence-corrected chi connectivity index (χ1v) is 10.8. The van der Waals surface area contributed by atoms with Gasteiger partial charge in [0.2, 0.25) is 11.8 Å². The van der Waals surface area contributed by atoms with Crippen LogP contribution in [-0.4, -0.2) is 52.6 Å². The molecule has 0 radical (unpaired) electrons. The van der Waals surface area contributed by atoms with Gasteiger partial charge in [0.1, 0.15) is 6.54 Å². The van der Waals surface area contributed by atoms with Crippen LogP contribution in [0.25, 0.3) is 10.9 Å². The summed E-state index contributed by atoms with van der Waals surface area (Å²) in [5.41, 5.74) is 1.07. The maximum atomic E-state index is 12.9. The Balaban J connectivity index is 1.26. The Kier molecular flexibility index (Phi) is 5.90. The van der Waals surface area contributed by atoms with Crippen molar-refractivity contribution in [3.63, 3.8) is 0 Å². The Morgan fingerprint density at radius 1 is 1.03 bits per heavy atom. The number of ether oxygens (including phenoxy) is 1. The van der Waals surface area contributed by atoms with Gasteiger partial charge in [-0.2, -0.15) is 0 Å². The summed E-state index contributed by atoms with van der Waals surface area (Å²) in [6.07, 6.45) is 5.58. The molecule has 1 saturated carbocycles. The third kappa shape index (κ3) is 4.64. The molecule has 156 valence electrons. The summed E-state index contributed by atoms with van der Waals surface area (Å²) in [5.74, 6) is 0.376. The predicted octanol–water partition coefficient (Wildman–Crippen LogP) is 2.95. The fourth-order valence-electron chi connectivity index (χ4n) is 4.81. The van der Waals surface area contributed by atoms with Crippen LogP contribution in [-0.2, 0) is 20.9 Å². The van der Waals surface area contributed by atoms with Crippen LogP contribution in [0.4, 0.5) is 0 Å². The topological polar surface area (TPSA) is 63.6 Å². The maximum absolute atomic E-state index is 12.9. The van der Waals surface area contributed by atoms with Crippen molar-refractivity contribution >= 4 is 22.7 Å². The van der Waals surface area contributed by atoms with E-state index in [9.17, 15) is 9.59 Å². The number of fused-ring (bicyclic) bond motifs is 1. The zero-order valence-corrected chi connectivity index (χ0v) is 17.3. The first-order valence-electron chi connectivity index (χ1n) is 10.8. The number of rotatable bonds is 4. The molecular weight excluding hydrogens is 366 g/mol. The molecule has 2 aromatic rings. The number of benzene rings is 1. The lowest BCUT2D eigenvalue weighted by atomic mass is 9.85. The van der Waals surface area contributed by atoms with Gasteiger partial charge in [-0.3, -0.25) is 9.59 Å². The van der Waals surface area contributed by atoms with Crippen LogP contribution in [0.5, 0.6) is 0 Å². The summed E-state index contributed by atoms with van der Waals surface area (Å²) in [5, 5.41) is 4.31. The zero-order valence-electron chi connectivity index (χ0n) is 17.3. The third-order valence-corrected chi connectivity index (χ3v) is 6.17. The van der Waals surface area contributed by atoms with Crippen LogP contribution in [0.2, 0.25) is 0 Å². The second-order valence-corrected chi connectivity index (χ2v) is 8.62. The minimum absolute atomic E-state index is 0.0389. The minimum atomic E-state index is 0.0389. The Bertz CT molecular complexity index is 859. The normalized spacial score (nSPS) is 27.7. The van der Waals surface area contributed by atoms with Crippen molar-refractivity contribution in [1.29, 1.82) is 0 Å². The fourth-order valence-corrected chi connectivity index (χ4v) is 4.81. The molecule has 6 heteroatoms. The number of aromatic nitrogens is 1. The summed E-state index contributed by atoms with van der Waals surface area (Å²) in [6.45, 7) is 5.75. The quantitative estimate of drug-likeness (QED) is 0.863. The zero-order chi connectivity index (χ0) is 20.4. The van der Waals surface area contributed by atoms with Crippen molar-refractivity contribution in [2.24, 2.45) is 5.92 Å². The summed E-state index contributed by atoms with van der Waals surface area (Å²) in [6, 6.07) is 10.3. The molecule has 0 unspecified atom stereocenters. The number of carbonyl (C=O) groups is 2. The summed E-state index contributed by atoms with van der Waals surface area (Å²) in [4.78, 5) is 27.4. The van der Waals surface area contributed by atoms with Crippen molar-refractivity contribution in [3.05, 3.63) is 36.5 Å². The highest BCUT2D eigenvalue weighted by Crippen LogP contribution is 2.27. The van der Waals surface area contributed by atoms with Crippen molar-refractivity contribution in [3.8, 4) is 0 Å². The van der Waals surface area contributed by atoms with E-state index in [-0.39, 0.29) is 36.0 Å². The molecule has 1 aromatic heterocycles. The Labute approximate surface area is 172 Å². The number of para-hydroxylation sites is 1. The number of carbonyl (C=O) groups excluding carboxylic acids is 2. The molecular formula is C23H31N3O3. The van der Waals surface area contributed by atoms with Crippen LogP contribution in [0.1, 0.15) is 39.5 Å². The van der Waals surface area contributed by atoms with Gasteiger partial charge >= 0.3 is 0 Å². The summed E-state index contributed by atoms with van der Waals surface area (Å²) >= 11 is 0. The lowest BCUT2D eigenvalue weighted by Gasteiger charge is -2.38. The van der Waals surface area contributed by atoms with E-state index < -0.39 is 0 Å². The van der Waals surface area contributed by atoms with E-state index in [0.717, 1.165) is 36.6 Å². The molecule has 1 saturated heterocycles. The van der Waals surface area contributed by atoms with Gasteiger partial charge in [-0.1, -0.05) is 18.2 Å². The van der Waals surface area contributed by atoms with Gasteiger partial charge in [-0.15, -0.1) is 0 Å². The lowest BCUT2D eigenvalue weighted by Crippen LogP contribution is -2.51. The molecule has 1 aromatic carbocycles. The van der Waals surface area contributed by atoms with E-state index in [1.165, 1.54) is 0 Å². The molecule has 1 N–H and O–H groups in total. The molecule has 2 fully saturated rings. The van der Waals surface area contributed by atoms with Gasteiger partial charge in [0.25, 0.3) is 0 Å². The van der Waals surface area contributed by atoms with E-state index in [1.807, 2.05) is 53.8 Å². The molecule has 1 aliphatic carbocycles. The number of nitrogens with one attached hydrogen (secondary N) is 1. The first kappa shape index (κ1) is 20.0. The van der Waals surface area contributed by atoms with Gasteiger partial charge in [0.15, 0.2) is 0 Å². The largest absolute Gasteiger partial charge is 0.372 e. The SMILES string of the molecule is C[C@@H]1CN(C(=O)C2CCC(NC(=O)Cn3ccc4ccccc43)CC2)C[C@H](C)O1. The smallest absolute Gasteiger partial charge is 0.240 e. The van der Waals surface area contributed by atoms with Crippen molar-refractivity contribution in [2.75, 3.05) is 13.1 Å². The number of hydrogen-bond acceptors (Lipinski definition) is 3. The van der Waals surface area contributed by atoms with Gasteiger partial charge in [0.05, 0.1) is 12.2 Å². The van der Waals surface area contributed by atoms with Gasteiger partial charge in [-0.05, 0) is 57.0 Å². The van der Waals surface area contributed by atoms with Crippen molar-refractivity contribution in [2.45, 2.75) is 64.3 Å². The van der Waals surface area contributed by atoms with E-state index in [4.69, 9.17) is 4.74 Å². The van der Waals surface area contributed by atoms with Crippen LogP contribution in [0, 0.1) is 5.92 Å². The van der Waals surface area contributed by atoms with Gasteiger partial charge in [0, 0.05) is 36.8 Å². The Hall–Kier alpha value is -2.34. The summed E-state index contributed by atoms with van der Waals surface area (Å²) < 4.78 is 7.73. The second kappa shape index (κ2) is 8.57. The van der Waals surface area contributed by atoms with Crippen LogP contribution < -0.4 is 5.32 Å². The summed E-state index contributed by atoms with van der Waals surface area (Å²) in [7, 11) is 0. The molecule has 0 bridgehead atoms. The van der Waals surface area contributed by atoms with Crippen molar-refractivity contribution in [1.82, 2.24) is 14.8 Å². The number of nitrogens with zero attached hydrogens (tertiary/aromatic N) is 2. The molecule has 2 amide bonds. The van der Waals surface area contributed by atoms with Crippen molar-refractivity contribution < 1.29 is 14.3 Å². The fraction of sp³-hybridized carbons (Fsp3) is 0.565. The van der Waals surface area contributed by atoms with E-state index in [0.29, 0.717) is 19.6 Å². The average molecular weight is 398 g/mol. The van der Waals surface area contributed by atoms with E-state index in [2.05, 4.69) is 11.4 Å². The monoisotopic (exact) mass is 397 g/mol. The molecule has 6 nitrogen and oxygen atoms in total. The van der Waals surface area contributed by atoms with E-state index in [1.54, 1.807) is 0 Å². The number of hydrogen-bond donors (Lipinski definition) is 1. The van der Waals surface area contributed by atoms with Crippen LogP contribution in [0.3, 0.4) is 0 Å². The Morgan fingerprint density at radius 2 is 1.72 bits per heavy atom. The highest BCUT2D eigenvalue weighted by Gasteiger charge is 2.33. The average Bonchev–Trinajstić information content (AvgIpc) is 3.10. The van der Waals surface area contributed by atoms with E-state index >= 15 is 0 Å². The van der Waals surface area contributed by atoms with Gasteiger partial charge in [-0.25, -0.2) is 0 Å². The van der Waals surface area contributed by atoms with Crippen LogP contribution >= 0.6 is 0 Å². The molecule has 2 atom stereocenters. The third-order valence-electron chi connectivity index (χ3n) is 6.17. The second-order valence-electron chi connectivity index (χ2n) is 8.62. The molecule has 1 aliphatic heterocycles.